The van der Waals surface area contributed by atoms with Gasteiger partial charge in [0.1, 0.15) is 12.2 Å². The maximum Gasteiger partial charge on any atom is 0.208 e. The Hall–Kier alpha value is -0.950. The number of nitrogens with one attached hydrogen (secondary N) is 3. The van der Waals surface area contributed by atoms with Gasteiger partial charge in [-0.1, -0.05) is 20.8 Å². The van der Waals surface area contributed by atoms with Gasteiger partial charge in [0.25, 0.3) is 0 Å². The summed E-state index contributed by atoms with van der Waals surface area (Å²) in [5.41, 5.74) is 0. The summed E-state index contributed by atoms with van der Waals surface area (Å²) in [4.78, 5) is 4.48. The number of aliphatic imine (C=N–C) groups is 1. The zero-order valence-corrected chi connectivity index (χ0v) is 20.8. The summed E-state index contributed by atoms with van der Waals surface area (Å²) in [6.45, 7) is 10.6. The van der Waals surface area contributed by atoms with E-state index in [0.29, 0.717) is 25.0 Å². The summed E-state index contributed by atoms with van der Waals surface area (Å²) in [5.74, 6) is 2.29. The summed E-state index contributed by atoms with van der Waals surface area (Å²) < 4.78 is 26.8. The second-order valence-electron chi connectivity index (χ2n) is 7.13. The zero-order valence-electron chi connectivity index (χ0n) is 17.6. The first-order valence-corrected chi connectivity index (χ1v) is 11.5. The molecule has 0 spiro atoms. The molecule has 1 unspecified atom stereocenters. The van der Waals surface area contributed by atoms with Crippen molar-refractivity contribution in [3.05, 3.63) is 12.2 Å². The maximum atomic E-state index is 11.2. The van der Waals surface area contributed by atoms with E-state index in [1.54, 1.807) is 6.33 Å². The van der Waals surface area contributed by atoms with Crippen LogP contribution in [-0.4, -0.2) is 61.1 Å². The molecule has 0 aromatic carbocycles. The molecule has 0 saturated carbocycles. The lowest BCUT2D eigenvalue weighted by molar-refractivity contribution is 0.487. The Morgan fingerprint density at radius 1 is 1.25 bits per heavy atom. The van der Waals surface area contributed by atoms with E-state index in [4.69, 9.17) is 0 Å². The molecule has 0 aliphatic carbocycles. The first-order valence-electron chi connectivity index (χ1n) is 9.57. The van der Waals surface area contributed by atoms with Gasteiger partial charge in [0.15, 0.2) is 5.96 Å². The van der Waals surface area contributed by atoms with Crippen LogP contribution in [0.4, 0.5) is 0 Å². The molecular weight excluding hydrogens is 493 g/mol. The molecule has 0 aliphatic heterocycles. The zero-order chi connectivity index (χ0) is 20.3. The Balaban J connectivity index is 0.00000729. The van der Waals surface area contributed by atoms with Crippen LogP contribution in [0.3, 0.4) is 0 Å². The highest BCUT2D eigenvalue weighted by molar-refractivity contribution is 14.0. The Morgan fingerprint density at radius 3 is 2.57 bits per heavy atom. The van der Waals surface area contributed by atoms with E-state index in [2.05, 4.69) is 51.3 Å². The fourth-order valence-corrected chi connectivity index (χ4v) is 2.94. The lowest BCUT2D eigenvalue weighted by Gasteiger charge is -2.19. The Kier molecular flexibility index (Phi) is 13.6. The van der Waals surface area contributed by atoms with Crippen molar-refractivity contribution in [2.75, 3.05) is 25.9 Å². The van der Waals surface area contributed by atoms with Gasteiger partial charge in [-0.05, 0) is 25.7 Å². The first kappa shape index (κ1) is 27.0. The van der Waals surface area contributed by atoms with E-state index in [1.807, 2.05) is 11.5 Å². The summed E-state index contributed by atoms with van der Waals surface area (Å²) in [6.07, 6.45) is 5.89. The van der Waals surface area contributed by atoms with Crippen molar-refractivity contribution in [3.63, 3.8) is 0 Å². The second kappa shape index (κ2) is 14.1. The second-order valence-corrected chi connectivity index (χ2v) is 8.97. The van der Waals surface area contributed by atoms with Crippen LogP contribution in [0.5, 0.6) is 0 Å². The molecule has 11 heteroatoms. The van der Waals surface area contributed by atoms with Crippen molar-refractivity contribution in [1.29, 1.82) is 0 Å². The lowest BCUT2D eigenvalue weighted by atomic mass is 10.0. The van der Waals surface area contributed by atoms with Crippen molar-refractivity contribution in [2.24, 2.45) is 10.9 Å². The number of halogens is 1. The molecule has 0 amide bonds. The largest absolute Gasteiger partial charge is 0.355 e. The van der Waals surface area contributed by atoms with Gasteiger partial charge in [-0.3, -0.25) is 4.99 Å². The van der Waals surface area contributed by atoms with Gasteiger partial charge >= 0.3 is 0 Å². The monoisotopic (exact) mass is 529 g/mol. The molecule has 0 fully saturated rings. The van der Waals surface area contributed by atoms with Gasteiger partial charge in [0, 0.05) is 32.1 Å². The molecule has 1 aromatic heterocycles. The molecule has 0 radical (unpaired) electrons. The SMILES string of the molecule is CCc1nncn1CCNC(=NCCNS(C)(=O)=O)NC(C)CCC(C)C.I. The third kappa shape index (κ3) is 12.5. The third-order valence-electron chi connectivity index (χ3n) is 3.96. The van der Waals surface area contributed by atoms with Gasteiger partial charge in [-0.2, -0.15) is 0 Å². The predicted molar refractivity (Wildman–Crippen MR) is 125 cm³/mol. The average Bonchev–Trinajstić information content (AvgIpc) is 3.03. The Bertz CT molecular complexity index is 677. The maximum absolute atomic E-state index is 11.2. The number of rotatable bonds is 12. The summed E-state index contributed by atoms with van der Waals surface area (Å²) in [7, 11) is -3.19. The molecule has 3 N–H and O–H groups in total. The fraction of sp³-hybridized carbons (Fsp3) is 0.824. The molecule has 1 rings (SSSR count). The molecule has 1 heterocycles. The highest BCUT2D eigenvalue weighted by Crippen LogP contribution is 2.06. The number of guanidine groups is 1. The molecule has 0 aliphatic rings. The van der Waals surface area contributed by atoms with Crippen LogP contribution in [0, 0.1) is 5.92 Å². The Labute approximate surface area is 186 Å². The number of nitrogens with zero attached hydrogens (tertiary/aromatic N) is 4. The average molecular weight is 529 g/mol. The van der Waals surface area contributed by atoms with Crippen LogP contribution in [0.2, 0.25) is 0 Å². The van der Waals surface area contributed by atoms with Crippen LogP contribution in [0.25, 0.3) is 0 Å². The van der Waals surface area contributed by atoms with Crippen molar-refractivity contribution >= 4 is 40.0 Å². The van der Waals surface area contributed by atoms with Gasteiger partial charge in [-0.15, -0.1) is 34.2 Å². The quantitative estimate of drug-likeness (QED) is 0.163. The van der Waals surface area contributed by atoms with Gasteiger partial charge in [0.05, 0.1) is 12.8 Å². The Morgan fingerprint density at radius 2 is 1.96 bits per heavy atom. The summed E-state index contributed by atoms with van der Waals surface area (Å²) in [6, 6.07) is 0.280. The van der Waals surface area contributed by atoms with E-state index in [-0.39, 0.29) is 36.6 Å². The number of hydrogen-bond acceptors (Lipinski definition) is 5. The predicted octanol–water partition coefficient (Wildman–Crippen LogP) is 1.37. The number of aromatic nitrogens is 3. The number of hydrogen-bond donors (Lipinski definition) is 3. The molecule has 28 heavy (non-hydrogen) atoms. The van der Waals surface area contributed by atoms with Crippen molar-refractivity contribution < 1.29 is 8.42 Å². The summed E-state index contributed by atoms with van der Waals surface area (Å²) in [5, 5.41) is 14.7. The van der Waals surface area contributed by atoms with E-state index in [9.17, 15) is 8.42 Å². The first-order chi connectivity index (χ1) is 12.7. The molecule has 0 bridgehead atoms. The highest BCUT2D eigenvalue weighted by Gasteiger charge is 2.08. The van der Waals surface area contributed by atoms with Crippen LogP contribution >= 0.6 is 24.0 Å². The smallest absolute Gasteiger partial charge is 0.208 e. The van der Waals surface area contributed by atoms with E-state index in [1.165, 1.54) is 0 Å². The molecule has 1 aromatic rings. The van der Waals surface area contributed by atoms with E-state index >= 15 is 0 Å². The standard InChI is InChI=1S/C17H35N7O2S.HI/c1-6-16-23-20-13-24(16)12-11-19-17(18-9-10-21-27(5,25)26)22-15(4)8-7-14(2)3;/h13-15,21H,6-12H2,1-5H3,(H2,18,19,22);1H. The minimum Gasteiger partial charge on any atom is -0.355 e. The van der Waals surface area contributed by atoms with Gasteiger partial charge in [0.2, 0.25) is 10.0 Å². The van der Waals surface area contributed by atoms with Gasteiger partial charge in [-0.25, -0.2) is 13.1 Å². The molecule has 164 valence electrons. The molecule has 0 saturated heterocycles. The molecule has 1 atom stereocenters. The van der Waals surface area contributed by atoms with Crippen LogP contribution in [0.1, 0.15) is 46.4 Å². The fourth-order valence-electron chi connectivity index (χ4n) is 2.47. The van der Waals surface area contributed by atoms with E-state index in [0.717, 1.165) is 37.9 Å². The summed E-state index contributed by atoms with van der Waals surface area (Å²) >= 11 is 0. The van der Waals surface area contributed by atoms with Crippen LogP contribution in [0.15, 0.2) is 11.3 Å². The highest BCUT2D eigenvalue weighted by atomic mass is 127. The topological polar surface area (TPSA) is 113 Å². The minimum atomic E-state index is -3.19. The third-order valence-corrected chi connectivity index (χ3v) is 4.69. The van der Waals surface area contributed by atoms with Crippen molar-refractivity contribution in [1.82, 2.24) is 30.1 Å². The van der Waals surface area contributed by atoms with Crippen molar-refractivity contribution in [2.45, 2.75) is 59.5 Å². The van der Waals surface area contributed by atoms with Crippen LogP contribution < -0.4 is 15.4 Å². The molecular formula is C17H36IN7O2S. The van der Waals surface area contributed by atoms with Crippen LogP contribution in [-0.2, 0) is 23.0 Å². The van der Waals surface area contributed by atoms with E-state index < -0.39 is 10.0 Å². The number of aryl methyl sites for hydroxylation is 1. The van der Waals surface area contributed by atoms with Crippen molar-refractivity contribution in [3.8, 4) is 0 Å². The number of sulfonamides is 1. The molecule has 9 nitrogen and oxygen atoms in total. The minimum absolute atomic E-state index is 0. The normalized spacial score (nSPS) is 13.3. The lowest BCUT2D eigenvalue weighted by Crippen LogP contribution is -2.44. The van der Waals surface area contributed by atoms with Gasteiger partial charge < -0.3 is 15.2 Å².